The van der Waals surface area contributed by atoms with Crippen LogP contribution in [0.2, 0.25) is 5.02 Å². The summed E-state index contributed by atoms with van der Waals surface area (Å²) in [5.74, 6) is -0.503. The Hall–Kier alpha value is -2.43. The van der Waals surface area contributed by atoms with Crippen molar-refractivity contribution in [3.63, 3.8) is 0 Å². The van der Waals surface area contributed by atoms with Crippen molar-refractivity contribution in [1.82, 2.24) is 10.2 Å². The van der Waals surface area contributed by atoms with Crippen molar-refractivity contribution in [2.24, 2.45) is 0 Å². The van der Waals surface area contributed by atoms with Crippen LogP contribution in [-0.2, 0) is 4.79 Å². The molecule has 2 aromatic rings. The summed E-state index contributed by atoms with van der Waals surface area (Å²) in [5, 5.41) is 21.7. The first kappa shape index (κ1) is 16.4. The molecule has 1 N–H and O–H groups in total. The van der Waals surface area contributed by atoms with E-state index < -0.39 is 5.91 Å². The molecule has 1 fully saturated rings. The lowest BCUT2D eigenvalue weighted by molar-refractivity contribution is -0.112. The lowest BCUT2D eigenvalue weighted by Crippen LogP contribution is -2.17. The summed E-state index contributed by atoms with van der Waals surface area (Å²) in [7, 11) is 0. The van der Waals surface area contributed by atoms with E-state index >= 15 is 0 Å². The van der Waals surface area contributed by atoms with Gasteiger partial charge < -0.3 is 4.90 Å². The Balaban J connectivity index is 1.70. The van der Waals surface area contributed by atoms with Crippen molar-refractivity contribution < 1.29 is 4.79 Å². The molecule has 0 atom stereocenters. The van der Waals surface area contributed by atoms with Crippen molar-refractivity contribution in [2.45, 2.75) is 12.8 Å². The van der Waals surface area contributed by atoms with Crippen LogP contribution in [0.5, 0.6) is 0 Å². The Bertz CT molecular complexity index is 803. The lowest BCUT2D eigenvalue weighted by Gasteiger charge is -2.10. The van der Waals surface area contributed by atoms with E-state index in [9.17, 15) is 10.1 Å². The van der Waals surface area contributed by atoms with Gasteiger partial charge in [-0.1, -0.05) is 35.1 Å². The molecule has 0 bridgehead atoms. The maximum absolute atomic E-state index is 12.2. The second-order valence-electron chi connectivity index (χ2n) is 5.26. The second-order valence-corrected chi connectivity index (χ2v) is 6.65. The number of carbonyl (C=O) groups is 1. The minimum absolute atomic E-state index is 0.00440. The summed E-state index contributed by atoms with van der Waals surface area (Å²) in [4.78, 5) is 14.4. The molecule has 6 nitrogen and oxygen atoms in total. The molecule has 1 amide bonds. The van der Waals surface area contributed by atoms with Gasteiger partial charge in [0.25, 0.3) is 5.91 Å². The van der Waals surface area contributed by atoms with Gasteiger partial charge in [-0.3, -0.25) is 10.1 Å². The third kappa shape index (κ3) is 3.91. The van der Waals surface area contributed by atoms with Crippen molar-refractivity contribution >= 4 is 45.2 Å². The number of benzene rings is 1. The van der Waals surface area contributed by atoms with Gasteiger partial charge >= 0.3 is 0 Å². The highest BCUT2D eigenvalue weighted by Gasteiger charge is 2.18. The zero-order chi connectivity index (χ0) is 16.9. The Morgan fingerprint density at radius 3 is 2.67 bits per heavy atom. The number of nitriles is 1. The Labute approximate surface area is 148 Å². The summed E-state index contributed by atoms with van der Waals surface area (Å²) in [6.45, 7) is 1.92. The van der Waals surface area contributed by atoms with E-state index in [1.165, 1.54) is 17.4 Å². The van der Waals surface area contributed by atoms with E-state index in [-0.39, 0.29) is 5.57 Å². The molecule has 24 heavy (non-hydrogen) atoms. The molecule has 8 heteroatoms. The predicted octanol–water partition coefficient (Wildman–Crippen LogP) is 3.34. The number of hydrogen-bond donors (Lipinski definition) is 1. The Kier molecular flexibility index (Phi) is 5.08. The van der Waals surface area contributed by atoms with Crippen LogP contribution in [0.1, 0.15) is 18.4 Å². The fraction of sp³-hybridized carbons (Fsp3) is 0.250. The summed E-state index contributed by atoms with van der Waals surface area (Å²) >= 11 is 7.14. The van der Waals surface area contributed by atoms with Crippen LogP contribution < -0.4 is 10.2 Å². The number of nitrogens with zero attached hydrogens (tertiary/aromatic N) is 4. The van der Waals surface area contributed by atoms with Crippen molar-refractivity contribution in [3.8, 4) is 6.07 Å². The number of nitrogens with one attached hydrogen (secondary N) is 1. The van der Waals surface area contributed by atoms with Gasteiger partial charge in [0.05, 0.1) is 0 Å². The normalized spacial score (nSPS) is 14.5. The van der Waals surface area contributed by atoms with E-state index in [1.54, 1.807) is 24.3 Å². The van der Waals surface area contributed by atoms with Gasteiger partial charge in [-0.2, -0.15) is 5.26 Å². The standard InChI is InChI=1S/C16H14ClN5OS/c17-13-5-3-11(4-6-13)9-12(10-18)14(23)19-15-20-21-16(24-15)22-7-1-2-8-22/h3-6,9H,1-2,7-8H2,(H,19,20,23)/b12-9-. The van der Waals surface area contributed by atoms with E-state index in [4.69, 9.17) is 11.6 Å². The quantitative estimate of drug-likeness (QED) is 0.668. The monoisotopic (exact) mass is 359 g/mol. The molecule has 2 heterocycles. The van der Waals surface area contributed by atoms with Gasteiger partial charge in [-0.05, 0) is 36.6 Å². The molecule has 0 aliphatic carbocycles. The van der Waals surface area contributed by atoms with Crippen molar-refractivity contribution in [1.29, 1.82) is 5.26 Å². The maximum atomic E-state index is 12.2. The van der Waals surface area contributed by atoms with Crippen LogP contribution in [0, 0.1) is 11.3 Å². The Morgan fingerprint density at radius 1 is 1.29 bits per heavy atom. The highest BCUT2D eigenvalue weighted by atomic mass is 35.5. The molecular formula is C16H14ClN5OS. The van der Waals surface area contributed by atoms with Gasteiger partial charge in [0.15, 0.2) is 0 Å². The minimum Gasteiger partial charge on any atom is -0.347 e. The number of halogens is 1. The zero-order valence-corrected chi connectivity index (χ0v) is 14.3. The number of anilines is 2. The molecule has 1 saturated heterocycles. The minimum atomic E-state index is -0.503. The van der Waals surface area contributed by atoms with Crippen LogP contribution in [0.25, 0.3) is 6.08 Å². The van der Waals surface area contributed by atoms with Crippen LogP contribution in [-0.4, -0.2) is 29.2 Å². The molecule has 122 valence electrons. The van der Waals surface area contributed by atoms with Crippen LogP contribution in [0.4, 0.5) is 10.3 Å². The van der Waals surface area contributed by atoms with Crippen LogP contribution in [0.15, 0.2) is 29.8 Å². The molecule has 3 rings (SSSR count). The van der Waals surface area contributed by atoms with E-state index in [0.29, 0.717) is 10.2 Å². The fourth-order valence-corrected chi connectivity index (χ4v) is 3.26. The zero-order valence-electron chi connectivity index (χ0n) is 12.7. The van der Waals surface area contributed by atoms with Gasteiger partial charge in [0.1, 0.15) is 11.6 Å². The second kappa shape index (κ2) is 7.43. The molecule has 0 unspecified atom stereocenters. The van der Waals surface area contributed by atoms with Gasteiger partial charge in [-0.15, -0.1) is 10.2 Å². The highest BCUT2D eigenvalue weighted by Crippen LogP contribution is 2.27. The first-order valence-corrected chi connectivity index (χ1v) is 8.62. The van der Waals surface area contributed by atoms with Crippen molar-refractivity contribution in [3.05, 3.63) is 40.4 Å². The number of rotatable bonds is 4. The molecule has 1 aromatic heterocycles. The summed E-state index contributed by atoms with van der Waals surface area (Å²) < 4.78 is 0. The number of hydrogen-bond acceptors (Lipinski definition) is 6. The van der Waals surface area contributed by atoms with Crippen molar-refractivity contribution in [2.75, 3.05) is 23.3 Å². The average Bonchev–Trinajstić information content (AvgIpc) is 3.25. The third-order valence-corrected chi connectivity index (χ3v) is 4.71. The molecular weight excluding hydrogens is 346 g/mol. The van der Waals surface area contributed by atoms with Crippen LogP contribution in [0.3, 0.4) is 0 Å². The summed E-state index contributed by atoms with van der Waals surface area (Å²) in [6.07, 6.45) is 3.79. The molecule has 1 aromatic carbocycles. The number of amides is 1. The van der Waals surface area contributed by atoms with E-state index in [2.05, 4.69) is 20.4 Å². The first-order valence-electron chi connectivity index (χ1n) is 7.43. The number of carbonyl (C=O) groups excluding carboxylic acids is 1. The van der Waals surface area contributed by atoms with Crippen LogP contribution >= 0.6 is 22.9 Å². The van der Waals surface area contributed by atoms with Gasteiger partial charge in [0.2, 0.25) is 10.3 Å². The maximum Gasteiger partial charge on any atom is 0.268 e. The molecule has 0 spiro atoms. The Morgan fingerprint density at radius 2 is 2.00 bits per heavy atom. The molecule has 0 radical (unpaired) electrons. The molecule has 1 aliphatic heterocycles. The largest absolute Gasteiger partial charge is 0.347 e. The average molecular weight is 360 g/mol. The van der Waals surface area contributed by atoms with E-state index in [0.717, 1.165) is 36.6 Å². The summed E-state index contributed by atoms with van der Waals surface area (Å²) in [5.41, 5.74) is 0.719. The highest BCUT2D eigenvalue weighted by molar-refractivity contribution is 7.19. The molecule has 1 aliphatic rings. The topological polar surface area (TPSA) is 81.9 Å². The van der Waals surface area contributed by atoms with Gasteiger partial charge in [-0.25, -0.2) is 0 Å². The first-order chi connectivity index (χ1) is 11.7. The van der Waals surface area contributed by atoms with Gasteiger partial charge in [0, 0.05) is 18.1 Å². The smallest absolute Gasteiger partial charge is 0.268 e. The lowest BCUT2D eigenvalue weighted by atomic mass is 10.1. The predicted molar refractivity (Wildman–Crippen MR) is 95.0 cm³/mol. The van der Waals surface area contributed by atoms with E-state index in [1.807, 2.05) is 6.07 Å². The molecule has 0 saturated carbocycles. The number of aromatic nitrogens is 2. The fourth-order valence-electron chi connectivity index (χ4n) is 2.34. The SMILES string of the molecule is N#C/C(=C/c1ccc(Cl)cc1)C(=O)Nc1nnc(N2CCCC2)s1. The summed E-state index contributed by atoms with van der Waals surface area (Å²) in [6, 6.07) is 8.79. The third-order valence-electron chi connectivity index (χ3n) is 3.56.